The van der Waals surface area contributed by atoms with Crippen molar-refractivity contribution in [2.45, 2.75) is 111 Å². The first kappa shape index (κ1) is 47.8. The molecular formula is C39H59Cl3Si5Ti. The molecular weight excluding hydrogens is 763 g/mol. The van der Waals surface area contributed by atoms with Crippen LogP contribution in [0.3, 0.4) is 0 Å². The third kappa shape index (κ3) is 8.87. The van der Waals surface area contributed by atoms with Gasteiger partial charge in [-0.1, -0.05) is 192 Å². The summed E-state index contributed by atoms with van der Waals surface area (Å²) in [7, 11) is -9.30. The van der Waals surface area contributed by atoms with Gasteiger partial charge in [-0.25, -0.2) is 5.57 Å². The van der Waals surface area contributed by atoms with Gasteiger partial charge in [0.1, 0.15) is 8.07 Å². The normalized spacial score (nSPS) is 17.0. The van der Waals surface area contributed by atoms with Crippen LogP contribution in [0.25, 0.3) is 0 Å². The van der Waals surface area contributed by atoms with E-state index >= 15 is 0 Å². The molecule has 0 aliphatic heterocycles. The van der Waals surface area contributed by atoms with Crippen LogP contribution in [0.15, 0.2) is 83.4 Å². The van der Waals surface area contributed by atoms with Crippen molar-refractivity contribution in [1.82, 2.24) is 0 Å². The quantitative estimate of drug-likeness (QED) is 0.143. The average Bonchev–Trinajstić information content (AvgIpc) is 3.10. The average molecular weight is 823 g/mol. The number of hydrogen-bond donors (Lipinski definition) is 0. The van der Waals surface area contributed by atoms with Crippen molar-refractivity contribution in [2.24, 2.45) is 0 Å². The molecule has 1 unspecified atom stereocenters. The summed E-state index contributed by atoms with van der Waals surface area (Å²) in [6, 6.07) is 27.8. The molecule has 0 saturated carbocycles. The largest absolute Gasteiger partial charge is 4.00 e. The van der Waals surface area contributed by atoms with Crippen molar-refractivity contribution in [3.63, 3.8) is 0 Å². The molecule has 4 rings (SSSR count). The molecule has 0 spiro atoms. The van der Waals surface area contributed by atoms with Crippen molar-refractivity contribution in [3.05, 3.63) is 89.5 Å². The Balaban J connectivity index is 0.00000552. The molecule has 1 atom stereocenters. The van der Waals surface area contributed by atoms with Crippen molar-refractivity contribution in [1.29, 1.82) is 0 Å². The Kier molecular flexibility index (Phi) is 16.2. The molecule has 0 amide bonds. The van der Waals surface area contributed by atoms with E-state index in [4.69, 9.17) is 0 Å². The van der Waals surface area contributed by atoms with Gasteiger partial charge in [0.15, 0.2) is 0 Å². The summed E-state index contributed by atoms with van der Waals surface area (Å²) in [6.45, 7) is 40.0. The van der Waals surface area contributed by atoms with Crippen molar-refractivity contribution in [2.75, 3.05) is 0 Å². The number of hydrogen-bond acceptors (Lipinski definition) is 0. The van der Waals surface area contributed by atoms with Crippen LogP contribution >= 0.6 is 0 Å². The second kappa shape index (κ2) is 16.2. The predicted molar refractivity (Wildman–Crippen MR) is 215 cm³/mol. The molecule has 48 heavy (non-hydrogen) atoms. The van der Waals surface area contributed by atoms with Crippen molar-refractivity contribution < 1.29 is 58.9 Å². The van der Waals surface area contributed by atoms with Crippen molar-refractivity contribution >= 4 is 76.7 Å². The third-order valence-corrected chi connectivity index (χ3v) is 24.1. The number of allylic oxidation sites excluding steroid dienone is 4. The number of rotatable bonds is 8. The molecule has 0 bridgehead atoms. The monoisotopic (exact) mass is 820 g/mol. The zero-order valence-electron chi connectivity index (χ0n) is 32.5. The molecule has 0 N–H and O–H groups in total. The molecule has 0 fully saturated rings. The van der Waals surface area contributed by atoms with Gasteiger partial charge < -0.3 is 37.2 Å². The molecule has 0 radical (unpaired) electrons. The Labute approximate surface area is 333 Å². The zero-order valence-corrected chi connectivity index (χ0v) is 41.3. The maximum atomic E-state index is 4.25. The SMILES string of the molecule is CC1=[C-]C(C)([Si](c2ccccc2)(c2cc([Si](C)(C)C)cc([Si](C)(C)C)c2)c2cc([Si](C)(C)C)cc([Si](C)(C)C)c2)C(C)=C1C.[Cl-].[Cl-].[Cl-].[Ti+4]. The van der Waals surface area contributed by atoms with Crippen LogP contribution in [0.1, 0.15) is 27.7 Å². The van der Waals surface area contributed by atoms with E-state index in [9.17, 15) is 0 Å². The summed E-state index contributed by atoms with van der Waals surface area (Å²) >= 11 is 0. The minimum absolute atomic E-state index is 0. The number of benzene rings is 3. The second-order valence-corrected chi connectivity index (χ2v) is 42.4. The molecule has 1 aliphatic carbocycles. The molecule has 3 aromatic rings. The molecule has 0 saturated heterocycles. The number of halogens is 3. The molecule has 0 nitrogen and oxygen atoms in total. The van der Waals surface area contributed by atoms with Gasteiger partial charge in [-0.05, 0) is 15.6 Å². The van der Waals surface area contributed by atoms with Crippen LogP contribution < -0.4 is 73.5 Å². The van der Waals surface area contributed by atoms with E-state index in [0.717, 1.165) is 0 Å². The molecule has 3 aromatic carbocycles. The molecule has 9 heteroatoms. The van der Waals surface area contributed by atoms with Crippen LogP contribution in [0.2, 0.25) is 83.6 Å². The smallest absolute Gasteiger partial charge is 1.00 e. The Hall–Kier alpha value is -0.191. The van der Waals surface area contributed by atoms with E-state index in [1.54, 1.807) is 31.1 Å². The Morgan fingerprint density at radius 2 is 0.750 bits per heavy atom. The summed E-state index contributed by atoms with van der Waals surface area (Å²) in [4.78, 5) is 0. The van der Waals surface area contributed by atoms with Gasteiger partial charge in [0.05, 0.1) is 32.3 Å². The van der Waals surface area contributed by atoms with Gasteiger partial charge in [-0.3, -0.25) is 6.08 Å². The molecule has 0 aromatic heterocycles. The standard InChI is InChI=1S/C39H59Si5.3ClH.Ti/c1-29-28-39(4,31(3)30(29)2)44(32-20-18-17-19-21-32,37-24-33(40(5,6)7)22-34(25-37)41(8,9)10)38-26-35(42(11,12)13)23-36(27-38)43(14,15)16;;;;/h17-27H,1-16H3;3*1H;/q-1;;;;+4/p-3. The van der Waals surface area contributed by atoms with E-state index in [1.807, 2.05) is 0 Å². The van der Waals surface area contributed by atoms with E-state index < -0.39 is 40.4 Å². The van der Waals surface area contributed by atoms with Crippen LogP contribution in [0, 0.1) is 6.08 Å². The summed E-state index contributed by atoms with van der Waals surface area (Å²) < 4.78 is 0. The fourth-order valence-corrected chi connectivity index (χ4v) is 18.7. The van der Waals surface area contributed by atoms with Gasteiger partial charge in [-0.2, -0.15) is 11.1 Å². The fourth-order valence-electron chi connectivity index (χ4n) is 7.07. The summed E-state index contributed by atoms with van der Waals surface area (Å²) in [5.41, 5.74) is 4.27. The van der Waals surface area contributed by atoms with Gasteiger partial charge in [-0.15, -0.1) is 6.92 Å². The maximum Gasteiger partial charge on any atom is 4.00 e. The predicted octanol–water partition coefficient (Wildman–Crippen LogP) is -1.79. The first-order valence-corrected chi connectivity index (χ1v) is 32.6. The van der Waals surface area contributed by atoms with Gasteiger partial charge in [0.25, 0.3) is 0 Å². The summed E-state index contributed by atoms with van der Waals surface area (Å²) in [5.74, 6) is 0. The minimum atomic E-state index is -2.80. The Morgan fingerprint density at radius 1 is 0.458 bits per heavy atom. The van der Waals surface area contributed by atoms with Crippen LogP contribution in [-0.4, -0.2) is 40.4 Å². The fraction of sp³-hybridized carbons (Fsp3) is 0.436. The van der Waals surface area contributed by atoms with E-state index in [2.05, 4.69) is 179 Å². The first-order valence-electron chi connectivity index (χ1n) is 16.6. The first-order chi connectivity index (χ1) is 19.9. The van der Waals surface area contributed by atoms with Gasteiger partial charge >= 0.3 is 21.7 Å². The van der Waals surface area contributed by atoms with Gasteiger partial charge in [0, 0.05) is 0 Å². The van der Waals surface area contributed by atoms with Crippen LogP contribution in [0.4, 0.5) is 0 Å². The van der Waals surface area contributed by atoms with Gasteiger partial charge in [0.2, 0.25) is 0 Å². The van der Waals surface area contributed by atoms with E-state index in [0.29, 0.717) is 0 Å². The maximum absolute atomic E-state index is 4.25. The van der Waals surface area contributed by atoms with E-state index in [-0.39, 0.29) is 64.0 Å². The summed E-state index contributed by atoms with van der Waals surface area (Å²) in [6.07, 6.45) is 4.25. The van der Waals surface area contributed by atoms with Crippen molar-refractivity contribution in [3.8, 4) is 0 Å². The van der Waals surface area contributed by atoms with E-state index in [1.165, 1.54) is 21.9 Å². The zero-order chi connectivity index (χ0) is 33.3. The van der Waals surface area contributed by atoms with Crippen LogP contribution in [0.5, 0.6) is 0 Å². The Morgan fingerprint density at radius 3 is 1.00 bits per heavy atom. The van der Waals surface area contributed by atoms with Crippen LogP contribution in [-0.2, 0) is 21.7 Å². The molecule has 260 valence electrons. The third-order valence-electron chi connectivity index (χ3n) is 10.5. The summed E-state index contributed by atoms with van der Waals surface area (Å²) in [5, 5.41) is 10.9. The Bertz CT molecular complexity index is 1500. The molecule has 1 aliphatic rings. The topological polar surface area (TPSA) is 0 Å². The minimum Gasteiger partial charge on any atom is -1.00 e. The second-order valence-electron chi connectivity index (χ2n) is 17.8. The molecule has 0 heterocycles.